The van der Waals surface area contributed by atoms with Crippen molar-refractivity contribution in [2.45, 2.75) is 6.92 Å². The molecule has 0 atom stereocenters. The molecular formula is C15H12BrN5O2. The minimum absolute atomic E-state index is 0.187. The molecule has 8 heteroatoms. The number of rotatable bonds is 4. The van der Waals surface area contributed by atoms with Crippen LogP contribution in [0.15, 0.2) is 51.7 Å². The van der Waals surface area contributed by atoms with Gasteiger partial charge >= 0.3 is 0 Å². The Hall–Kier alpha value is -2.74. The summed E-state index contributed by atoms with van der Waals surface area (Å²) in [5, 5.41) is 9.37. The maximum atomic E-state index is 12.0. The van der Waals surface area contributed by atoms with Crippen LogP contribution in [0, 0.1) is 6.92 Å². The van der Waals surface area contributed by atoms with E-state index < -0.39 is 5.91 Å². The molecule has 23 heavy (non-hydrogen) atoms. The van der Waals surface area contributed by atoms with E-state index in [-0.39, 0.29) is 5.69 Å². The summed E-state index contributed by atoms with van der Waals surface area (Å²) < 4.78 is 5.87. The molecular weight excluding hydrogens is 362 g/mol. The Kier molecular flexibility index (Phi) is 4.33. The summed E-state index contributed by atoms with van der Waals surface area (Å²) in [6.07, 6.45) is 2.88. The number of carbonyl (C=O) groups is 1. The number of benzene rings is 1. The second-order valence-corrected chi connectivity index (χ2v) is 5.61. The number of carbonyl (C=O) groups excluding carboxylic acids is 1. The van der Waals surface area contributed by atoms with Crippen LogP contribution < -0.4 is 10.6 Å². The molecule has 0 bridgehead atoms. The highest BCUT2D eigenvalue weighted by atomic mass is 79.9. The van der Waals surface area contributed by atoms with Gasteiger partial charge in [-0.1, -0.05) is 21.1 Å². The van der Waals surface area contributed by atoms with Gasteiger partial charge in [0.15, 0.2) is 5.82 Å². The fourth-order valence-corrected chi connectivity index (χ4v) is 2.06. The van der Waals surface area contributed by atoms with Gasteiger partial charge in [0.25, 0.3) is 5.91 Å². The van der Waals surface area contributed by atoms with E-state index in [9.17, 15) is 4.79 Å². The Morgan fingerprint density at radius 2 is 1.91 bits per heavy atom. The lowest BCUT2D eigenvalue weighted by atomic mass is 10.3. The second-order valence-electron chi connectivity index (χ2n) is 4.70. The Labute approximate surface area is 140 Å². The highest BCUT2D eigenvalue weighted by molar-refractivity contribution is 9.10. The van der Waals surface area contributed by atoms with Crippen molar-refractivity contribution in [3.63, 3.8) is 0 Å². The van der Waals surface area contributed by atoms with Crippen LogP contribution in [0.5, 0.6) is 0 Å². The first-order valence-corrected chi connectivity index (χ1v) is 7.49. The molecule has 0 aliphatic carbocycles. The molecule has 0 saturated heterocycles. The fourth-order valence-electron chi connectivity index (χ4n) is 1.80. The smallest absolute Gasteiger partial charge is 0.277 e. The van der Waals surface area contributed by atoms with Gasteiger partial charge in [-0.15, -0.1) is 0 Å². The number of hydrogen-bond donors (Lipinski definition) is 2. The van der Waals surface area contributed by atoms with Crippen molar-refractivity contribution in [1.82, 2.24) is 15.1 Å². The SMILES string of the molecule is Cc1cc(NC(=O)c2cnc(Nc3ccc(Br)cc3)cn2)no1. The molecule has 0 unspecified atom stereocenters. The number of nitrogens with zero attached hydrogens (tertiary/aromatic N) is 3. The molecule has 0 saturated carbocycles. The number of aromatic nitrogens is 3. The van der Waals surface area contributed by atoms with E-state index in [4.69, 9.17) is 4.52 Å². The van der Waals surface area contributed by atoms with Crippen LogP contribution >= 0.6 is 15.9 Å². The molecule has 116 valence electrons. The van der Waals surface area contributed by atoms with E-state index in [1.54, 1.807) is 13.0 Å². The fraction of sp³-hybridized carbons (Fsp3) is 0.0667. The number of anilines is 3. The molecule has 0 spiro atoms. The number of amides is 1. The quantitative estimate of drug-likeness (QED) is 0.726. The van der Waals surface area contributed by atoms with Crippen molar-refractivity contribution < 1.29 is 9.32 Å². The van der Waals surface area contributed by atoms with Gasteiger partial charge in [-0.25, -0.2) is 9.97 Å². The van der Waals surface area contributed by atoms with Crippen molar-refractivity contribution in [1.29, 1.82) is 0 Å². The normalized spacial score (nSPS) is 10.3. The maximum absolute atomic E-state index is 12.0. The minimum Gasteiger partial charge on any atom is -0.360 e. The highest BCUT2D eigenvalue weighted by Gasteiger charge is 2.11. The predicted octanol–water partition coefficient (Wildman–Crippen LogP) is 3.53. The first kappa shape index (κ1) is 15.2. The van der Waals surface area contributed by atoms with Gasteiger partial charge in [0.2, 0.25) is 0 Å². The van der Waals surface area contributed by atoms with Crippen LogP contribution in [0.4, 0.5) is 17.3 Å². The van der Waals surface area contributed by atoms with Gasteiger partial charge < -0.3 is 15.2 Å². The van der Waals surface area contributed by atoms with Crippen LogP contribution in [0.1, 0.15) is 16.2 Å². The van der Waals surface area contributed by atoms with Crippen molar-refractivity contribution in [3.05, 3.63) is 58.7 Å². The van der Waals surface area contributed by atoms with Crippen molar-refractivity contribution in [2.24, 2.45) is 0 Å². The third kappa shape index (κ3) is 3.92. The van der Waals surface area contributed by atoms with Crippen LogP contribution in [0.2, 0.25) is 0 Å². The zero-order valence-electron chi connectivity index (χ0n) is 12.1. The summed E-state index contributed by atoms with van der Waals surface area (Å²) in [5.74, 6) is 1.09. The lowest BCUT2D eigenvalue weighted by Gasteiger charge is -2.06. The van der Waals surface area contributed by atoms with Crippen molar-refractivity contribution in [3.8, 4) is 0 Å². The predicted molar refractivity (Wildman–Crippen MR) is 88.6 cm³/mol. The Morgan fingerprint density at radius 1 is 1.13 bits per heavy atom. The second kappa shape index (κ2) is 6.57. The van der Waals surface area contributed by atoms with Gasteiger partial charge in [-0.2, -0.15) is 0 Å². The average Bonchev–Trinajstić information content (AvgIpc) is 2.95. The number of halogens is 1. The first-order chi connectivity index (χ1) is 11.1. The number of aryl methyl sites for hydroxylation is 1. The molecule has 3 aromatic rings. The largest absolute Gasteiger partial charge is 0.360 e. The molecule has 2 heterocycles. The summed E-state index contributed by atoms with van der Waals surface area (Å²) in [5.41, 5.74) is 1.06. The molecule has 2 N–H and O–H groups in total. The lowest BCUT2D eigenvalue weighted by molar-refractivity contribution is 0.102. The summed E-state index contributed by atoms with van der Waals surface area (Å²) in [6, 6.07) is 9.25. The summed E-state index contributed by atoms with van der Waals surface area (Å²) in [7, 11) is 0. The summed E-state index contributed by atoms with van der Waals surface area (Å²) >= 11 is 3.37. The van der Waals surface area contributed by atoms with Crippen LogP contribution in [-0.4, -0.2) is 21.0 Å². The first-order valence-electron chi connectivity index (χ1n) is 6.69. The van der Waals surface area contributed by atoms with Gasteiger partial charge in [0.05, 0.1) is 12.4 Å². The van der Waals surface area contributed by atoms with E-state index in [1.165, 1.54) is 12.4 Å². The van der Waals surface area contributed by atoms with E-state index in [0.29, 0.717) is 17.4 Å². The zero-order chi connectivity index (χ0) is 16.2. The number of hydrogen-bond acceptors (Lipinski definition) is 6. The average molecular weight is 374 g/mol. The minimum atomic E-state index is -0.402. The topological polar surface area (TPSA) is 92.9 Å². The van der Waals surface area contributed by atoms with Crippen LogP contribution in [-0.2, 0) is 0 Å². The Balaban J connectivity index is 1.66. The van der Waals surface area contributed by atoms with E-state index in [0.717, 1.165) is 10.2 Å². The summed E-state index contributed by atoms with van der Waals surface area (Å²) in [6.45, 7) is 1.74. The van der Waals surface area contributed by atoms with Gasteiger partial charge in [-0.05, 0) is 31.2 Å². The molecule has 1 amide bonds. The van der Waals surface area contributed by atoms with Gasteiger partial charge in [0, 0.05) is 16.2 Å². The molecule has 1 aromatic carbocycles. The van der Waals surface area contributed by atoms with Crippen LogP contribution in [0.25, 0.3) is 0 Å². The van der Waals surface area contributed by atoms with Crippen LogP contribution in [0.3, 0.4) is 0 Å². The highest BCUT2D eigenvalue weighted by Crippen LogP contribution is 2.17. The molecule has 0 radical (unpaired) electrons. The van der Waals surface area contributed by atoms with E-state index in [2.05, 4.69) is 41.7 Å². The van der Waals surface area contributed by atoms with Crippen molar-refractivity contribution >= 4 is 39.2 Å². The zero-order valence-corrected chi connectivity index (χ0v) is 13.7. The Bertz CT molecular complexity index is 815. The maximum Gasteiger partial charge on any atom is 0.277 e. The standard InChI is InChI=1S/C15H12BrN5O2/c1-9-6-13(21-23-9)20-15(22)12-7-18-14(8-17-12)19-11-4-2-10(16)3-5-11/h2-8H,1H3,(H,18,19)(H,20,21,22). The molecule has 0 aliphatic rings. The monoisotopic (exact) mass is 373 g/mol. The van der Waals surface area contributed by atoms with Crippen molar-refractivity contribution in [2.75, 3.05) is 10.6 Å². The molecule has 0 fully saturated rings. The third-order valence-electron chi connectivity index (χ3n) is 2.87. The molecule has 3 rings (SSSR count). The Morgan fingerprint density at radius 3 is 2.52 bits per heavy atom. The third-order valence-corrected chi connectivity index (χ3v) is 3.40. The van der Waals surface area contributed by atoms with Gasteiger partial charge in [0.1, 0.15) is 17.3 Å². The van der Waals surface area contributed by atoms with E-state index in [1.807, 2.05) is 24.3 Å². The lowest BCUT2D eigenvalue weighted by Crippen LogP contribution is -2.14. The molecule has 7 nitrogen and oxygen atoms in total. The summed E-state index contributed by atoms with van der Waals surface area (Å²) in [4.78, 5) is 20.3. The van der Waals surface area contributed by atoms with Gasteiger partial charge in [-0.3, -0.25) is 4.79 Å². The number of nitrogens with one attached hydrogen (secondary N) is 2. The molecule has 2 aromatic heterocycles. The van der Waals surface area contributed by atoms with E-state index >= 15 is 0 Å². The molecule has 0 aliphatic heterocycles.